The Kier molecular flexibility index (Phi) is 4.08. The smallest absolute Gasteiger partial charge is 0.336 e. The number of allylic oxidation sites excluding steroid dienone is 1. The molecule has 0 N–H and O–H groups in total. The molecule has 18 heavy (non-hydrogen) atoms. The SMILES string of the molecule is CC=CC(=O)Oc1c([N+](=O)[O-])cccc1[N+](=O)[O-]. The number of esters is 1. The van der Waals surface area contributed by atoms with E-state index in [1.165, 1.54) is 13.0 Å². The summed E-state index contributed by atoms with van der Waals surface area (Å²) in [5.41, 5.74) is -1.27. The van der Waals surface area contributed by atoms with Crippen LogP contribution >= 0.6 is 0 Å². The fourth-order valence-corrected chi connectivity index (χ4v) is 1.18. The second-order valence-corrected chi connectivity index (χ2v) is 3.06. The molecule has 0 fully saturated rings. The molecule has 0 radical (unpaired) electrons. The van der Waals surface area contributed by atoms with Gasteiger partial charge in [0.25, 0.3) is 5.75 Å². The Morgan fingerprint density at radius 2 is 1.72 bits per heavy atom. The highest BCUT2D eigenvalue weighted by molar-refractivity contribution is 5.85. The maximum Gasteiger partial charge on any atom is 0.336 e. The van der Waals surface area contributed by atoms with E-state index in [2.05, 4.69) is 4.74 Å². The zero-order valence-corrected chi connectivity index (χ0v) is 9.23. The molecular formula is C10H8N2O6. The normalized spacial score (nSPS) is 10.3. The van der Waals surface area contributed by atoms with E-state index in [4.69, 9.17) is 0 Å². The van der Waals surface area contributed by atoms with Crippen molar-refractivity contribution in [2.24, 2.45) is 0 Å². The summed E-state index contributed by atoms with van der Waals surface area (Å²) in [5, 5.41) is 21.4. The van der Waals surface area contributed by atoms with Crippen molar-refractivity contribution in [3.63, 3.8) is 0 Å². The Morgan fingerprint density at radius 1 is 1.22 bits per heavy atom. The molecule has 0 heterocycles. The molecule has 0 unspecified atom stereocenters. The van der Waals surface area contributed by atoms with E-state index in [-0.39, 0.29) is 0 Å². The van der Waals surface area contributed by atoms with Crippen molar-refractivity contribution in [3.05, 3.63) is 50.6 Å². The minimum Gasteiger partial charge on any atom is -0.409 e. The van der Waals surface area contributed by atoms with Gasteiger partial charge in [-0.25, -0.2) is 4.79 Å². The third-order valence-electron chi connectivity index (χ3n) is 1.87. The number of nitro benzene ring substituents is 2. The zero-order valence-electron chi connectivity index (χ0n) is 9.23. The van der Waals surface area contributed by atoms with E-state index in [1.807, 2.05) is 0 Å². The number of hydrogen-bond donors (Lipinski definition) is 0. The van der Waals surface area contributed by atoms with Gasteiger partial charge in [-0.2, -0.15) is 0 Å². The molecule has 0 aliphatic heterocycles. The van der Waals surface area contributed by atoms with Crippen LogP contribution in [0.5, 0.6) is 5.75 Å². The minimum atomic E-state index is -0.921. The first-order valence-electron chi connectivity index (χ1n) is 4.73. The standard InChI is InChI=1S/C10H8N2O6/c1-2-4-9(13)18-10-7(11(14)15)5-3-6-8(10)12(16)17/h2-6H,1H3. The summed E-state index contributed by atoms with van der Waals surface area (Å²) in [6, 6.07) is 3.18. The molecule has 0 amide bonds. The molecule has 0 atom stereocenters. The number of ether oxygens (including phenoxy) is 1. The highest BCUT2D eigenvalue weighted by atomic mass is 16.6. The van der Waals surface area contributed by atoms with Crippen LogP contribution in [-0.4, -0.2) is 15.8 Å². The Bertz CT molecular complexity index is 505. The molecule has 8 nitrogen and oxygen atoms in total. The molecule has 8 heteroatoms. The molecule has 1 aromatic carbocycles. The fourth-order valence-electron chi connectivity index (χ4n) is 1.18. The van der Waals surface area contributed by atoms with Crippen molar-refractivity contribution in [3.8, 4) is 5.75 Å². The number of hydrogen-bond acceptors (Lipinski definition) is 6. The zero-order chi connectivity index (χ0) is 13.7. The molecule has 0 saturated heterocycles. The van der Waals surface area contributed by atoms with Crippen LogP contribution in [0.25, 0.3) is 0 Å². The van der Waals surface area contributed by atoms with Crippen LogP contribution in [0.3, 0.4) is 0 Å². The van der Waals surface area contributed by atoms with E-state index in [0.717, 1.165) is 24.3 Å². The summed E-state index contributed by atoms with van der Waals surface area (Å²) < 4.78 is 4.63. The van der Waals surface area contributed by atoms with Crippen LogP contribution in [0, 0.1) is 20.2 Å². The largest absolute Gasteiger partial charge is 0.409 e. The van der Waals surface area contributed by atoms with Gasteiger partial charge in [0.15, 0.2) is 0 Å². The summed E-state index contributed by atoms with van der Waals surface area (Å²) in [6.45, 7) is 1.54. The van der Waals surface area contributed by atoms with Crippen molar-refractivity contribution in [1.29, 1.82) is 0 Å². The summed E-state index contributed by atoms with van der Waals surface area (Å²) in [5.74, 6) is -1.59. The number of carbonyl (C=O) groups excluding carboxylic acids is 1. The van der Waals surface area contributed by atoms with Crippen LogP contribution < -0.4 is 4.74 Å². The van der Waals surface area contributed by atoms with Gasteiger partial charge in [-0.1, -0.05) is 6.08 Å². The highest BCUT2D eigenvalue weighted by Crippen LogP contribution is 2.36. The van der Waals surface area contributed by atoms with Crippen molar-refractivity contribution in [2.45, 2.75) is 6.92 Å². The lowest BCUT2D eigenvalue weighted by molar-refractivity contribution is -0.395. The van der Waals surface area contributed by atoms with Crippen molar-refractivity contribution in [2.75, 3.05) is 0 Å². The quantitative estimate of drug-likeness (QED) is 0.266. The second kappa shape index (κ2) is 5.53. The van der Waals surface area contributed by atoms with E-state index in [9.17, 15) is 25.0 Å². The maximum absolute atomic E-state index is 11.2. The van der Waals surface area contributed by atoms with Gasteiger partial charge in [0.2, 0.25) is 0 Å². The monoisotopic (exact) mass is 252 g/mol. The van der Waals surface area contributed by atoms with Gasteiger partial charge in [0.05, 0.1) is 9.85 Å². The predicted octanol–water partition coefficient (Wildman–Crippen LogP) is 1.98. The van der Waals surface area contributed by atoms with E-state index >= 15 is 0 Å². The van der Waals surface area contributed by atoms with E-state index < -0.39 is 32.9 Å². The van der Waals surface area contributed by atoms with Gasteiger partial charge in [-0.05, 0) is 13.0 Å². The highest BCUT2D eigenvalue weighted by Gasteiger charge is 2.27. The van der Waals surface area contributed by atoms with Gasteiger partial charge >= 0.3 is 17.3 Å². The average molecular weight is 252 g/mol. The fraction of sp³-hybridized carbons (Fsp3) is 0.100. The Morgan fingerprint density at radius 3 is 2.11 bits per heavy atom. The molecule has 0 aliphatic carbocycles. The predicted molar refractivity (Wildman–Crippen MR) is 60.2 cm³/mol. The van der Waals surface area contributed by atoms with Crippen LogP contribution in [0.2, 0.25) is 0 Å². The van der Waals surface area contributed by atoms with Gasteiger partial charge < -0.3 is 4.74 Å². The van der Waals surface area contributed by atoms with Gasteiger partial charge in [-0.3, -0.25) is 20.2 Å². The van der Waals surface area contributed by atoms with Crippen LogP contribution in [-0.2, 0) is 4.79 Å². The Hall–Kier alpha value is -2.77. The number of benzene rings is 1. The number of para-hydroxylation sites is 1. The molecule has 0 bridgehead atoms. The molecule has 0 aliphatic rings. The molecule has 0 spiro atoms. The summed E-state index contributed by atoms with van der Waals surface area (Å²) in [7, 11) is 0. The van der Waals surface area contributed by atoms with Crippen molar-refractivity contribution < 1.29 is 19.4 Å². The summed E-state index contributed by atoms with van der Waals surface area (Å²) >= 11 is 0. The Balaban J connectivity index is 3.31. The topological polar surface area (TPSA) is 113 Å². The van der Waals surface area contributed by atoms with Crippen molar-refractivity contribution >= 4 is 17.3 Å². The number of nitrogens with zero attached hydrogens (tertiary/aromatic N) is 2. The van der Waals surface area contributed by atoms with Crippen molar-refractivity contribution in [1.82, 2.24) is 0 Å². The third-order valence-corrected chi connectivity index (χ3v) is 1.87. The summed E-state index contributed by atoms with van der Waals surface area (Å²) in [6.07, 6.45) is 2.35. The molecule has 1 rings (SSSR count). The lowest BCUT2D eigenvalue weighted by atomic mass is 10.2. The summed E-state index contributed by atoms with van der Waals surface area (Å²) in [4.78, 5) is 30.9. The number of nitro groups is 2. The third kappa shape index (κ3) is 2.88. The van der Waals surface area contributed by atoms with Crippen LogP contribution in [0.4, 0.5) is 11.4 Å². The lowest BCUT2D eigenvalue weighted by Crippen LogP contribution is -2.08. The van der Waals surface area contributed by atoms with E-state index in [1.54, 1.807) is 0 Å². The minimum absolute atomic E-state index is 0.637. The second-order valence-electron chi connectivity index (χ2n) is 3.06. The number of rotatable bonds is 4. The molecule has 0 aromatic heterocycles. The van der Waals surface area contributed by atoms with E-state index in [0.29, 0.717) is 0 Å². The van der Waals surface area contributed by atoms with Crippen LogP contribution in [0.15, 0.2) is 30.4 Å². The Labute approximate surface area is 101 Å². The van der Waals surface area contributed by atoms with Gasteiger partial charge in [0, 0.05) is 18.2 Å². The number of carbonyl (C=O) groups is 1. The maximum atomic E-state index is 11.2. The molecule has 94 valence electrons. The first-order chi connectivity index (χ1) is 8.47. The molecule has 1 aromatic rings. The van der Waals surface area contributed by atoms with Gasteiger partial charge in [0.1, 0.15) is 0 Å². The first-order valence-corrected chi connectivity index (χ1v) is 4.73. The molecular weight excluding hydrogens is 244 g/mol. The molecule has 0 saturated carbocycles. The van der Waals surface area contributed by atoms with Gasteiger partial charge in [-0.15, -0.1) is 0 Å². The first kappa shape index (κ1) is 13.3. The van der Waals surface area contributed by atoms with Crippen LogP contribution in [0.1, 0.15) is 6.92 Å². The lowest BCUT2D eigenvalue weighted by Gasteiger charge is -2.03. The average Bonchev–Trinajstić information content (AvgIpc) is 2.28.